The Morgan fingerprint density at radius 2 is 1.79 bits per heavy atom. The summed E-state index contributed by atoms with van der Waals surface area (Å²) in [5.74, 6) is -0.0360. The summed E-state index contributed by atoms with van der Waals surface area (Å²) in [5, 5.41) is 0. The van der Waals surface area contributed by atoms with E-state index in [-0.39, 0.29) is 18.0 Å². The Morgan fingerprint density at radius 1 is 1.14 bits per heavy atom. The summed E-state index contributed by atoms with van der Waals surface area (Å²) in [5.41, 5.74) is 1.06. The molecule has 2 heteroatoms. The van der Waals surface area contributed by atoms with Crippen LogP contribution in [0.4, 0.5) is 0 Å². The summed E-state index contributed by atoms with van der Waals surface area (Å²) in [6, 6.07) is 7.37. The minimum atomic E-state index is -0.509. The van der Waals surface area contributed by atoms with Gasteiger partial charge in [0, 0.05) is 11.0 Å². The van der Waals surface area contributed by atoms with E-state index in [0.717, 1.165) is 5.56 Å². The van der Waals surface area contributed by atoms with Crippen LogP contribution in [0.3, 0.4) is 0 Å². The first kappa shape index (κ1) is 9.13. The molecule has 0 aliphatic heterocycles. The van der Waals surface area contributed by atoms with Gasteiger partial charge in [-0.2, -0.15) is 0 Å². The number of fused-ring (bicyclic) bond motifs is 1. The van der Waals surface area contributed by atoms with Crippen LogP contribution in [0.15, 0.2) is 24.3 Å². The second-order valence-corrected chi connectivity index (χ2v) is 4.19. The highest BCUT2D eigenvalue weighted by Gasteiger charge is 2.38. The fourth-order valence-corrected chi connectivity index (χ4v) is 1.88. The molecule has 1 aliphatic carbocycles. The third kappa shape index (κ3) is 1.10. The summed E-state index contributed by atoms with van der Waals surface area (Å²) in [4.78, 5) is 23.2. The molecule has 0 fully saturated rings. The third-order valence-electron chi connectivity index (χ3n) is 2.92. The molecule has 1 aromatic rings. The van der Waals surface area contributed by atoms with Crippen molar-refractivity contribution in [2.45, 2.75) is 25.7 Å². The minimum Gasteiger partial charge on any atom is -0.298 e. The Kier molecular flexibility index (Phi) is 1.81. The molecule has 0 saturated carbocycles. The second-order valence-electron chi connectivity index (χ2n) is 4.19. The lowest BCUT2D eigenvalue weighted by atomic mass is 9.71. The highest BCUT2D eigenvalue weighted by molar-refractivity contribution is 6.15. The van der Waals surface area contributed by atoms with Crippen LogP contribution in [0.5, 0.6) is 0 Å². The van der Waals surface area contributed by atoms with Gasteiger partial charge >= 0.3 is 0 Å². The molecule has 1 aromatic carbocycles. The first-order valence-corrected chi connectivity index (χ1v) is 4.69. The maximum absolute atomic E-state index is 11.7. The van der Waals surface area contributed by atoms with Crippen LogP contribution < -0.4 is 0 Å². The average Bonchev–Trinajstić information content (AvgIpc) is 2.16. The highest BCUT2D eigenvalue weighted by atomic mass is 16.1. The Balaban J connectivity index is 2.69. The van der Waals surface area contributed by atoms with Crippen molar-refractivity contribution in [2.75, 3.05) is 0 Å². The van der Waals surface area contributed by atoms with Crippen LogP contribution in [-0.2, 0) is 10.2 Å². The SMILES string of the molecule is CC1(C)C(=O)CC(=O)c2ccccc21. The van der Waals surface area contributed by atoms with Gasteiger partial charge in [-0.15, -0.1) is 0 Å². The minimum absolute atomic E-state index is 0.0150. The topological polar surface area (TPSA) is 34.1 Å². The van der Waals surface area contributed by atoms with Gasteiger partial charge in [-0.1, -0.05) is 24.3 Å². The van der Waals surface area contributed by atoms with Crippen molar-refractivity contribution in [1.29, 1.82) is 0 Å². The van der Waals surface area contributed by atoms with E-state index >= 15 is 0 Å². The van der Waals surface area contributed by atoms with Crippen LogP contribution in [0.25, 0.3) is 0 Å². The lowest BCUT2D eigenvalue weighted by molar-refractivity contribution is -0.122. The molecule has 0 amide bonds. The molecule has 72 valence electrons. The van der Waals surface area contributed by atoms with E-state index in [9.17, 15) is 9.59 Å². The number of carbonyl (C=O) groups is 2. The van der Waals surface area contributed by atoms with Crippen LogP contribution in [0.2, 0.25) is 0 Å². The molecule has 1 aliphatic rings. The van der Waals surface area contributed by atoms with E-state index < -0.39 is 5.41 Å². The van der Waals surface area contributed by atoms with Gasteiger partial charge in [-0.05, 0) is 19.4 Å². The summed E-state index contributed by atoms with van der Waals surface area (Å²) in [6.45, 7) is 3.75. The van der Waals surface area contributed by atoms with Crippen molar-refractivity contribution in [1.82, 2.24) is 0 Å². The Bertz CT molecular complexity index is 416. The standard InChI is InChI=1S/C12H12O2/c1-12(2)9-6-4-3-5-8(9)10(13)7-11(12)14/h3-6H,7H2,1-2H3. The predicted octanol–water partition coefficient (Wildman–Crippen LogP) is 2.12. The third-order valence-corrected chi connectivity index (χ3v) is 2.92. The van der Waals surface area contributed by atoms with Gasteiger partial charge in [0.05, 0.1) is 6.42 Å². The van der Waals surface area contributed by atoms with Gasteiger partial charge in [0.15, 0.2) is 11.6 Å². The van der Waals surface area contributed by atoms with Gasteiger partial charge in [0.25, 0.3) is 0 Å². The van der Waals surface area contributed by atoms with Gasteiger partial charge < -0.3 is 0 Å². The Labute approximate surface area is 82.9 Å². The van der Waals surface area contributed by atoms with Gasteiger partial charge in [-0.25, -0.2) is 0 Å². The molecule has 0 aromatic heterocycles. The van der Waals surface area contributed by atoms with Crippen LogP contribution >= 0.6 is 0 Å². The highest BCUT2D eigenvalue weighted by Crippen LogP contribution is 2.33. The maximum Gasteiger partial charge on any atom is 0.170 e. The van der Waals surface area contributed by atoms with Crippen molar-refractivity contribution in [3.8, 4) is 0 Å². The Hall–Kier alpha value is -1.44. The van der Waals surface area contributed by atoms with Crippen LogP contribution in [0.1, 0.15) is 36.2 Å². The number of ketones is 2. The van der Waals surface area contributed by atoms with E-state index in [2.05, 4.69) is 0 Å². The van der Waals surface area contributed by atoms with E-state index in [0.29, 0.717) is 5.56 Å². The van der Waals surface area contributed by atoms with Crippen LogP contribution in [-0.4, -0.2) is 11.6 Å². The van der Waals surface area contributed by atoms with E-state index in [1.54, 1.807) is 6.07 Å². The number of Topliss-reactive ketones (excluding diaryl/α,β-unsaturated/α-hetero) is 2. The summed E-state index contributed by atoms with van der Waals surface area (Å²) in [7, 11) is 0. The van der Waals surface area contributed by atoms with Crippen molar-refractivity contribution in [2.24, 2.45) is 0 Å². The zero-order chi connectivity index (χ0) is 10.3. The van der Waals surface area contributed by atoms with E-state index in [1.165, 1.54) is 0 Å². The van der Waals surface area contributed by atoms with Crippen LogP contribution in [0, 0.1) is 0 Å². The number of hydrogen-bond donors (Lipinski definition) is 0. The van der Waals surface area contributed by atoms with Crippen molar-refractivity contribution in [3.63, 3.8) is 0 Å². The summed E-state index contributed by atoms with van der Waals surface area (Å²) >= 11 is 0. The molecule has 0 N–H and O–H groups in total. The molecule has 0 saturated heterocycles. The number of benzene rings is 1. The molecule has 14 heavy (non-hydrogen) atoms. The average molecular weight is 188 g/mol. The second kappa shape index (κ2) is 2.77. The molecule has 0 atom stereocenters. The fourth-order valence-electron chi connectivity index (χ4n) is 1.88. The lowest BCUT2D eigenvalue weighted by Crippen LogP contribution is -2.36. The smallest absolute Gasteiger partial charge is 0.170 e. The molecule has 0 heterocycles. The fraction of sp³-hybridized carbons (Fsp3) is 0.333. The van der Waals surface area contributed by atoms with Gasteiger partial charge in [0.1, 0.15) is 0 Å². The summed E-state index contributed by atoms with van der Waals surface area (Å²) in [6.07, 6.45) is 0.0456. The Morgan fingerprint density at radius 3 is 2.50 bits per heavy atom. The quantitative estimate of drug-likeness (QED) is 0.584. The number of hydrogen-bond acceptors (Lipinski definition) is 2. The van der Waals surface area contributed by atoms with E-state index in [1.807, 2.05) is 32.0 Å². The molecule has 0 bridgehead atoms. The van der Waals surface area contributed by atoms with Gasteiger partial charge in [0.2, 0.25) is 0 Å². The molecule has 0 radical (unpaired) electrons. The van der Waals surface area contributed by atoms with E-state index in [4.69, 9.17) is 0 Å². The molecule has 2 rings (SSSR count). The monoisotopic (exact) mass is 188 g/mol. The predicted molar refractivity (Wildman–Crippen MR) is 53.4 cm³/mol. The first-order valence-electron chi connectivity index (χ1n) is 4.69. The largest absolute Gasteiger partial charge is 0.298 e. The van der Waals surface area contributed by atoms with Crippen molar-refractivity contribution in [3.05, 3.63) is 35.4 Å². The summed E-state index contributed by atoms with van der Waals surface area (Å²) < 4.78 is 0. The maximum atomic E-state index is 11.7. The van der Waals surface area contributed by atoms with Gasteiger partial charge in [-0.3, -0.25) is 9.59 Å². The first-order chi connectivity index (χ1) is 6.53. The zero-order valence-corrected chi connectivity index (χ0v) is 8.33. The normalized spacial score (nSPS) is 19.3. The molecule has 2 nitrogen and oxygen atoms in total. The molecular formula is C12H12O2. The van der Waals surface area contributed by atoms with Crippen molar-refractivity contribution < 1.29 is 9.59 Å². The lowest BCUT2D eigenvalue weighted by Gasteiger charge is -2.29. The number of rotatable bonds is 0. The molecular weight excluding hydrogens is 176 g/mol. The number of carbonyl (C=O) groups excluding carboxylic acids is 2. The molecule has 0 unspecified atom stereocenters. The zero-order valence-electron chi connectivity index (χ0n) is 8.33. The molecule has 0 spiro atoms. The van der Waals surface area contributed by atoms with Crippen molar-refractivity contribution >= 4 is 11.6 Å².